The summed E-state index contributed by atoms with van der Waals surface area (Å²) in [6.07, 6.45) is -3.02. The normalized spacial score (nSPS) is 10.6. The first-order valence-corrected chi connectivity index (χ1v) is 3.60. The highest BCUT2D eigenvalue weighted by Crippen LogP contribution is 2.20. The van der Waals surface area contributed by atoms with Crippen molar-refractivity contribution in [3.63, 3.8) is 0 Å². The van der Waals surface area contributed by atoms with Crippen LogP contribution in [0.1, 0.15) is 17.8 Å². The molecule has 1 aromatic heterocycles. The molecule has 0 atom stereocenters. The molecule has 0 saturated heterocycles. The summed E-state index contributed by atoms with van der Waals surface area (Å²) in [6, 6.07) is 1.52. The van der Waals surface area contributed by atoms with Crippen molar-refractivity contribution in [3.05, 3.63) is 38.8 Å². The average molecular weight is 204 g/mol. The van der Waals surface area contributed by atoms with Crippen LogP contribution in [0, 0.1) is 22.2 Å². The minimum absolute atomic E-state index is 0.0162. The van der Waals surface area contributed by atoms with E-state index in [1.807, 2.05) is 0 Å². The summed E-state index contributed by atoms with van der Waals surface area (Å²) >= 11 is 0. The van der Waals surface area contributed by atoms with E-state index in [4.69, 9.17) is 0 Å². The van der Waals surface area contributed by atoms with Gasteiger partial charge in [0.05, 0.1) is 17.1 Å². The number of hydrogen-bond acceptors (Lipinski definition) is 3. The molecular formula is C7H6F2N2O3. The van der Waals surface area contributed by atoms with Gasteiger partial charge in [-0.25, -0.2) is 0 Å². The zero-order chi connectivity index (χ0) is 10.9. The number of aromatic nitrogens is 1. The molecule has 0 aliphatic rings. The first kappa shape index (κ1) is 10.3. The van der Waals surface area contributed by atoms with Gasteiger partial charge in [0.15, 0.2) is 5.69 Å². The molecule has 0 bridgehead atoms. The smallest absolute Gasteiger partial charge is 0.322 e. The number of nitro groups is 1. The van der Waals surface area contributed by atoms with Crippen LogP contribution in [0.15, 0.2) is 12.1 Å². The van der Waals surface area contributed by atoms with Crippen molar-refractivity contribution in [1.29, 1.82) is 0 Å². The predicted octanol–water partition coefficient (Wildman–Crippen LogP) is 1.47. The topological polar surface area (TPSA) is 70.1 Å². The number of rotatable bonds is 2. The van der Waals surface area contributed by atoms with Crippen molar-refractivity contribution in [3.8, 4) is 0 Å². The number of hydrogen-bond donors (Lipinski definition) is 0. The predicted molar refractivity (Wildman–Crippen MR) is 41.8 cm³/mol. The summed E-state index contributed by atoms with van der Waals surface area (Å²) in [7, 11) is 0. The standard InChI is InChI=1S/C7H6F2N2O3/c1-4-2-5(11(13)14)3-6(7(8)9)10(4)12/h2-3,7H,1H3. The lowest BCUT2D eigenvalue weighted by Gasteiger charge is -2.05. The molecule has 1 aromatic rings. The molecule has 0 aromatic carbocycles. The van der Waals surface area contributed by atoms with Gasteiger partial charge in [-0.1, -0.05) is 0 Å². The molecule has 0 aliphatic heterocycles. The van der Waals surface area contributed by atoms with E-state index < -0.39 is 22.7 Å². The van der Waals surface area contributed by atoms with Crippen molar-refractivity contribution in [1.82, 2.24) is 0 Å². The first-order chi connectivity index (χ1) is 6.43. The highest BCUT2D eigenvalue weighted by molar-refractivity contribution is 5.30. The second-order valence-corrected chi connectivity index (χ2v) is 2.63. The number of nitrogens with zero attached hydrogens (tertiary/aromatic N) is 2. The number of halogens is 2. The van der Waals surface area contributed by atoms with Crippen LogP contribution in [0.25, 0.3) is 0 Å². The monoisotopic (exact) mass is 204 g/mol. The summed E-state index contributed by atoms with van der Waals surface area (Å²) in [5.74, 6) is 0. The quantitative estimate of drug-likeness (QED) is 0.317. The Morgan fingerprint density at radius 3 is 2.50 bits per heavy atom. The lowest BCUT2D eigenvalue weighted by Crippen LogP contribution is -2.35. The summed E-state index contributed by atoms with van der Waals surface area (Å²) < 4.78 is 24.4. The van der Waals surface area contributed by atoms with Gasteiger partial charge >= 0.3 is 6.43 Å². The van der Waals surface area contributed by atoms with Crippen molar-refractivity contribution < 1.29 is 18.4 Å². The van der Waals surface area contributed by atoms with E-state index in [9.17, 15) is 24.1 Å². The molecule has 76 valence electrons. The lowest BCUT2D eigenvalue weighted by atomic mass is 10.3. The summed E-state index contributed by atoms with van der Waals surface area (Å²) in [5.41, 5.74) is -1.55. The molecule has 0 unspecified atom stereocenters. The molecule has 0 aliphatic carbocycles. The largest absolute Gasteiger partial charge is 0.618 e. The molecule has 0 fully saturated rings. The first-order valence-electron chi connectivity index (χ1n) is 3.60. The van der Waals surface area contributed by atoms with Gasteiger partial charge in [0, 0.05) is 6.92 Å². The van der Waals surface area contributed by atoms with Gasteiger partial charge in [-0.2, -0.15) is 13.5 Å². The Morgan fingerprint density at radius 2 is 2.07 bits per heavy atom. The summed E-state index contributed by atoms with van der Waals surface area (Å²) in [4.78, 5) is 9.47. The molecule has 5 nitrogen and oxygen atoms in total. The summed E-state index contributed by atoms with van der Waals surface area (Å²) in [6.45, 7) is 1.23. The van der Waals surface area contributed by atoms with Crippen LogP contribution in [-0.4, -0.2) is 4.92 Å². The van der Waals surface area contributed by atoms with Gasteiger partial charge in [-0.15, -0.1) is 0 Å². The lowest BCUT2D eigenvalue weighted by molar-refractivity contribution is -0.627. The average Bonchev–Trinajstić information content (AvgIpc) is 2.08. The Kier molecular flexibility index (Phi) is 2.59. The Balaban J connectivity index is 3.35. The van der Waals surface area contributed by atoms with Gasteiger partial charge in [-0.05, 0) is 0 Å². The van der Waals surface area contributed by atoms with E-state index in [2.05, 4.69) is 0 Å². The molecule has 0 saturated carbocycles. The van der Waals surface area contributed by atoms with E-state index in [0.29, 0.717) is 6.07 Å². The molecule has 0 amide bonds. The van der Waals surface area contributed by atoms with Gasteiger partial charge in [0.1, 0.15) is 0 Å². The maximum absolute atomic E-state index is 12.2. The molecular weight excluding hydrogens is 198 g/mol. The molecule has 0 spiro atoms. The number of pyridine rings is 1. The SMILES string of the molecule is Cc1cc([N+](=O)[O-])cc(C(F)F)[n+]1[O-]. The van der Waals surface area contributed by atoms with Gasteiger partial charge in [0.2, 0.25) is 0 Å². The fourth-order valence-corrected chi connectivity index (χ4v) is 0.985. The van der Waals surface area contributed by atoms with Gasteiger partial charge < -0.3 is 5.21 Å². The van der Waals surface area contributed by atoms with E-state index in [1.165, 1.54) is 6.92 Å². The Labute approximate surface area is 77.3 Å². The van der Waals surface area contributed by atoms with Gasteiger partial charge in [0.25, 0.3) is 11.4 Å². The van der Waals surface area contributed by atoms with Crippen LogP contribution in [0.5, 0.6) is 0 Å². The Bertz CT molecular complexity index is 381. The minimum atomic E-state index is -3.02. The maximum atomic E-state index is 12.2. The molecule has 0 N–H and O–H groups in total. The van der Waals surface area contributed by atoms with E-state index >= 15 is 0 Å². The Morgan fingerprint density at radius 1 is 1.50 bits per heavy atom. The van der Waals surface area contributed by atoms with Gasteiger partial charge in [-0.3, -0.25) is 10.1 Å². The van der Waals surface area contributed by atoms with Crippen LogP contribution in [0.4, 0.5) is 14.5 Å². The zero-order valence-corrected chi connectivity index (χ0v) is 7.11. The maximum Gasteiger partial charge on any atom is 0.322 e. The third-order valence-corrected chi connectivity index (χ3v) is 1.64. The highest BCUT2D eigenvalue weighted by atomic mass is 19.3. The van der Waals surface area contributed by atoms with Crippen molar-refractivity contribution >= 4 is 5.69 Å². The molecule has 14 heavy (non-hydrogen) atoms. The fourth-order valence-electron chi connectivity index (χ4n) is 0.985. The van der Waals surface area contributed by atoms with Crippen LogP contribution in [0.3, 0.4) is 0 Å². The van der Waals surface area contributed by atoms with Crippen LogP contribution in [-0.2, 0) is 0 Å². The number of alkyl halides is 2. The van der Waals surface area contributed by atoms with Crippen LogP contribution >= 0.6 is 0 Å². The Hall–Kier alpha value is -1.79. The minimum Gasteiger partial charge on any atom is -0.618 e. The molecule has 1 rings (SSSR count). The van der Waals surface area contributed by atoms with E-state index in [0.717, 1.165) is 6.07 Å². The molecule has 7 heteroatoms. The van der Waals surface area contributed by atoms with Crippen LogP contribution < -0.4 is 4.73 Å². The summed E-state index contributed by atoms with van der Waals surface area (Å²) in [5, 5.41) is 21.3. The van der Waals surface area contributed by atoms with Crippen LogP contribution in [0.2, 0.25) is 0 Å². The molecule has 0 radical (unpaired) electrons. The van der Waals surface area contributed by atoms with E-state index in [-0.39, 0.29) is 10.4 Å². The van der Waals surface area contributed by atoms with E-state index in [1.54, 1.807) is 0 Å². The third-order valence-electron chi connectivity index (χ3n) is 1.64. The fraction of sp³-hybridized carbons (Fsp3) is 0.286. The molecule has 1 heterocycles. The second-order valence-electron chi connectivity index (χ2n) is 2.63. The number of aryl methyl sites for hydroxylation is 1. The zero-order valence-electron chi connectivity index (χ0n) is 7.11. The van der Waals surface area contributed by atoms with Crippen molar-refractivity contribution in [2.24, 2.45) is 0 Å². The van der Waals surface area contributed by atoms with Crippen molar-refractivity contribution in [2.75, 3.05) is 0 Å². The van der Waals surface area contributed by atoms with Crippen molar-refractivity contribution in [2.45, 2.75) is 13.3 Å². The highest BCUT2D eigenvalue weighted by Gasteiger charge is 2.24. The third kappa shape index (κ3) is 1.76. The second kappa shape index (κ2) is 3.52.